The molecule has 3 nitrogen and oxygen atoms in total. The van der Waals surface area contributed by atoms with Crippen LogP contribution in [0.1, 0.15) is 58.1 Å². The monoisotopic (exact) mass is 316 g/mol. The minimum Gasteiger partial charge on any atom is -0.497 e. The van der Waals surface area contributed by atoms with Crippen LogP contribution in [-0.4, -0.2) is 18.7 Å². The Morgan fingerprint density at radius 3 is 2.48 bits per heavy atom. The molecule has 0 heterocycles. The molecule has 0 saturated carbocycles. The molecule has 0 saturated heterocycles. The zero-order valence-corrected chi connectivity index (χ0v) is 14.9. The van der Waals surface area contributed by atoms with Crippen LogP contribution in [0.25, 0.3) is 6.08 Å². The highest BCUT2D eigenvalue weighted by Crippen LogP contribution is 2.23. The molecule has 0 bridgehead atoms. The zero-order valence-electron chi connectivity index (χ0n) is 14.9. The summed E-state index contributed by atoms with van der Waals surface area (Å²) in [5.41, 5.74) is 2.90. The third kappa shape index (κ3) is 5.66. The molecule has 0 aromatic heterocycles. The lowest BCUT2D eigenvalue weighted by Gasteiger charge is -2.13. The van der Waals surface area contributed by atoms with Gasteiger partial charge < -0.3 is 4.74 Å². The highest BCUT2D eigenvalue weighted by atomic mass is 16.5. The molecule has 3 heteroatoms. The largest absolute Gasteiger partial charge is 0.497 e. The van der Waals surface area contributed by atoms with E-state index in [0.717, 1.165) is 35.3 Å². The molecule has 0 aliphatic carbocycles. The number of rotatable bonds is 9. The molecule has 0 spiro atoms. The van der Waals surface area contributed by atoms with Crippen LogP contribution in [0.4, 0.5) is 0 Å². The first kappa shape index (κ1) is 19.1. The summed E-state index contributed by atoms with van der Waals surface area (Å²) in [6.07, 6.45) is 4.63. The van der Waals surface area contributed by atoms with Gasteiger partial charge >= 0.3 is 0 Å². The molecule has 126 valence electrons. The minimum absolute atomic E-state index is 0.0569. The number of aryl methyl sites for hydroxylation is 1. The highest BCUT2D eigenvalue weighted by Gasteiger charge is 2.12. The molecular weight excluding hydrogens is 288 g/mol. The zero-order chi connectivity index (χ0) is 17.4. The summed E-state index contributed by atoms with van der Waals surface area (Å²) in [7, 11) is 1.64. The van der Waals surface area contributed by atoms with E-state index in [2.05, 4.69) is 0 Å². The number of methoxy groups -OCH3 is 1. The van der Waals surface area contributed by atoms with Gasteiger partial charge in [0, 0.05) is 18.8 Å². The number of Topliss-reactive ketones (excluding diaryl/α,β-unsaturated/α-hetero) is 2. The summed E-state index contributed by atoms with van der Waals surface area (Å²) in [6.45, 7) is 7.60. The maximum absolute atomic E-state index is 11.8. The first-order valence-corrected chi connectivity index (χ1v) is 8.34. The number of allylic oxidation sites excluding steroid dienone is 1. The van der Waals surface area contributed by atoms with Gasteiger partial charge in [-0.3, -0.25) is 9.59 Å². The van der Waals surface area contributed by atoms with Gasteiger partial charge in [-0.05, 0) is 54.7 Å². The lowest BCUT2D eigenvalue weighted by atomic mass is 9.93. The van der Waals surface area contributed by atoms with Crippen LogP contribution in [0.5, 0.6) is 5.75 Å². The molecule has 0 N–H and O–H groups in total. The molecular formula is C20H28O3. The molecule has 1 unspecified atom stereocenters. The second-order valence-corrected chi connectivity index (χ2v) is 5.93. The van der Waals surface area contributed by atoms with Crippen molar-refractivity contribution in [3.8, 4) is 5.75 Å². The lowest BCUT2D eigenvalue weighted by Crippen LogP contribution is -2.10. The van der Waals surface area contributed by atoms with Crippen molar-refractivity contribution in [1.29, 1.82) is 0 Å². The Labute approximate surface area is 139 Å². The molecule has 23 heavy (non-hydrogen) atoms. The Kier molecular flexibility index (Phi) is 7.73. The number of carbonyl (C=O) groups is 2. The van der Waals surface area contributed by atoms with E-state index in [1.807, 2.05) is 52.0 Å². The number of hydrogen-bond donors (Lipinski definition) is 0. The van der Waals surface area contributed by atoms with Gasteiger partial charge in [-0.2, -0.15) is 0 Å². The molecule has 0 aliphatic heterocycles. The summed E-state index contributed by atoms with van der Waals surface area (Å²) in [6, 6.07) is 5.88. The summed E-state index contributed by atoms with van der Waals surface area (Å²) in [5, 5.41) is 0. The van der Waals surface area contributed by atoms with E-state index in [0.29, 0.717) is 18.6 Å². The molecule has 0 aliphatic rings. The summed E-state index contributed by atoms with van der Waals surface area (Å²) < 4.78 is 5.30. The normalized spacial score (nSPS) is 12.8. The van der Waals surface area contributed by atoms with Crippen molar-refractivity contribution in [3.63, 3.8) is 0 Å². The van der Waals surface area contributed by atoms with Crippen LogP contribution in [0, 0.1) is 5.92 Å². The molecule has 0 fully saturated rings. The second kappa shape index (κ2) is 9.29. The van der Waals surface area contributed by atoms with Crippen LogP contribution in [0.3, 0.4) is 0 Å². The fourth-order valence-corrected chi connectivity index (χ4v) is 2.54. The van der Waals surface area contributed by atoms with Crippen molar-refractivity contribution < 1.29 is 14.3 Å². The van der Waals surface area contributed by atoms with E-state index < -0.39 is 0 Å². The van der Waals surface area contributed by atoms with E-state index in [1.54, 1.807) is 7.11 Å². The fourth-order valence-electron chi connectivity index (χ4n) is 2.54. The molecule has 0 radical (unpaired) electrons. The number of hydrogen-bond acceptors (Lipinski definition) is 3. The molecule has 0 amide bonds. The van der Waals surface area contributed by atoms with Gasteiger partial charge in [-0.25, -0.2) is 0 Å². The number of ether oxygens (including phenoxy) is 1. The van der Waals surface area contributed by atoms with Crippen molar-refractivity contribution in [2.45, 2.75) is 53.4 Å². The minimum atomic E-state index is 0.0569. The average Bonchev–Trinajstić information content (AvgIpc) is 2.58. The predicted molar refractivity (Wildman–Crippen MR) is 94.7 cm³/mol. The Morgan fingerprint density at radius 2 is 1.91 bits per heavy atom. The topological polar surface area (TPSA) is 43.4 Å². The van der Waals surface area contributed by atoms with E-state index in [1.165, 1.54) is 0 Å². The highest BCUT2D eigenvalue weighted by molar-refractivity contribution is 5.98. The van der Waals surface area contributed by atoms with E-state index in [-0.39, 0.29) is 11.7 Å². The van der Waals surface area contributed by atoms with E-state index >= 15 is 0 Å². The Bertz CT molecular complexity index is 585. The van der Waals surface area contributed by atoms with E-state index in [9.17, 15) is 9.59 Å². The SMILES string of the molecule is CCC(=O)/C(C)=C/c1ccc(OC)cc1CCC(C)C(=O)CC. The quantitative estimate of drug-likeness (QED) is 0.624. The van der Waals surface area contributed by atoms with Gasteiger partial charge in [0.05, 0.1) is 7.11 Å². The first-order valence-electron chi connectivity index (χ1n) is 8.34. The Morgan fingerprint density at radius 1 is 1.22 bits per heavy atom. The maximum atomic E-state index is 11.8. The fraction of sp³-hybridized carbons (Fsp3) is 0.500. The van der Waals surface area contributed by atoms with Crippen LogP contribution in [-0.2, 0) is 16.0 Å². The summed E-state index contributed by atoms with van der Waals surface area (Å²) in [4.78, 5) is 23.6. The van der Waals surface area contributed by atoms with Gasteiger partial charge in [-0.15, -0.1) is 0 Å². The third-order valence-corrected chi connectivity index (χ3v) is 4.23. The summed E-state index contributed by atoms with van der Waals surface area (Å²) in [5.74, 6) is 1.30. The van der Waals surface area contributed by atoms with Crippen LogP contribution in [0.15, 0.2) is 23.8 Å². The third-order valence-electron chi connectivity index (χ3n) is 4.23. The Hall–Kier alpha value is -1.90. The van der Waals surface area contributed by atoms with Crippen LogP contribution in [0.2, 0.25) is 0 Å². The predicted octanol–water partition coefficient (Wildman–Crippen LogP) is 4.63. The molecule has 1 aromatic carbocycles. The molecule has 1 atom stereocenters. The molecule has 1 aromatic rings. The van der Waals surface area contributed by atoms with Gasteiger partial charge in [0.2, 0.25) is 0 Å². The summed E-state index contributed by atoms with van der Waals surface area (Å²) >= 11 is 0. The average molecular weight is 316 g/mol. The second-order valence-electron chi connectivity index (χ2n) is 5.93. The maximum Gasteiger partial charge on any atom is 0.158 e. The van der Waals surface area contributed by atoms with Gasteiger partial charge in [-0.1, -0.05) is 26.8 Å². The number of carbonyl (C=O) groups excluding carboxylic acids is 2. The van der Waals surface area contributed by atoms with Crippen molar-refractivity contribution in [1.82, 2.24) is 0 Å². The Balaban J connectivity index is 3.03. The standard InChI is InChI=1S/C20H28O3/c1-6-19(21)14(3)8-9-17-13-18(23-5)11-10-16(17)12-15(4)20(22)7-2/h10-14H,6-9H2,1-5H3/b15-12+. The molecule has 1 rings (SSSR count). The smallest absolute Gasteiger partial charge is 0.158 e. The number of ketones is 2. The van der Waals surface area contributed by atoms with Crippen molar-refractivity contribution >= 4 is 17.6 Å². The van der Waals surface area contributed by atoms with Crippen molar-refractivity contribution in [3.05, 3.63) is 34.9 Å². The van der Waals surface area contributed by atoms with Crippen LogP contribution >= 0.6 is 0 Å². The van der Waals surface area contributed by atoms with Gasteiger partial charge in [0.15, 0.2) is 5.78 Å². The van der Waals surface area contributed by atoms with E-state index in [4.69, 9.17) is 4.74 Å². The van der Waals surface area contributed by atoms with Crippen LogP contribution < -0.4 is 4.74 Å². The van der Waals surface area contributed by atoms with Crippen molar-refractivity contribution in [2.24, 2.45) is 5.92 Å². The number of benzene rings is 1. The first-order chi connectivity index (χ1) is 10.9. The van der Waals surface area contributed by atoms with Crippen molar-refractivity contribution in [2.75, 3.05) is 7.11 Å². The van der Waals surface area contributed by atoms with Gasteiger partial charge in [0.25, 0.3) is 0 Å². The van der Waals surface area contributed by atoms with Gasteiger partial charge in [0.1, 0.15) is 11.5 Å². The lowest BCUT2D eigenvalue weighted by molar-refractivity contribution is -0.122.